The summed E-state index contributed by atoms with van der Waals surface area (Å²) in [4.78, 5) is 23.4. The zero-order valence-electron chi connectivity index (χ0n) is 14.5. The third-order valence-corrected chi connectivity index (χ3v) is 3.74. The van der Waals surface area contributed by atoms with Crippen molar-refractivity contribution in [2.45, 2.75) is 0 Å². The van der Waals surface area contributed by atoms with Gasteiger partial charge in [-0.1, -0.05) is 11.6 Å². The molecule has 2 aromatic carbocycles. The number of amides is 1. The Hall–Kier alpha value is -2.99. The zero-order chi connectivity index (χ0) is 19.1. The first kappa shape index (κ1) is 19.3. The fourth-order valence-electron chi connectivity index (χ4n) is 2.20. The molecule has 0 spiro atoms. The van der Waals surface area contributed by atoms with Gasteiger partial charge in [0.25, 0.3) is 0 Å². The molecule has 26 heavy (non-hydrogen) atoms. The molecule has 0 atom stereocenters. The fourth-order valence-corrected chi connectivity index (χ4v) is 2.49. The average molecular weight is 376 g/mol. The van der Waals surface area contributed by atoms with E-state index in [0.29, 0.717) is 33.3 Å². The molecular formula is C19H18ClNO5. The molecule has 6 nitrogen and oxygen atoms in total. The monoisotopic (exact) mass is 375 g/mol. The Morgan fingerprint density at radius 3 is 2.31 bits per heavy atom. The van der Waals surface area contributed by atoms with Crippen LogP contribution >= 0.6 is 11.6 Å². The van der Waals surface area contributed by atoms with Crippen LogP contribution in [0, 0.1) is 0 Å². The predicted molar refractivity (Wildman–Crippen MR) is 100 cm³/mol. The molecule has 0 saturated heterocycles. The number of benzene rings is 2. The summed E-state index contributed by atoms with van der Waals surface area (Å²) in [5, 5.41) is 3.08. The van der Waals surface area contributed by atoms with Crippen LogP contribution in [0.15, 0.2) is 42.5 Å². The summed E-state index contributed by atoms with van der Waals surface area (Å²) in [6.07, 6.45) is 2.97. The first-order chi connectivity index (χ1) is 12.5. The van der Waals surface area contributed by atoms with Crippen molar-refractivity contribution in [1.29, 1.82) is 0 Å². The molecule has 0 fully saturated rings. The van der Waals surface area contributed by atoms with Crippen molar-refractivity contribution in [3.05, 3.63) is 58.6 Å². The summed E-state index contributed by atoms with van der Waals surface area (Å²) in [6.45, 7) is 0. The van der Waals surface area contributed by atoms with Crippen LogP contribution in [-0.4, -0.2) is 33.2 Å². The van der Waals surface area contributed by atoms with Gasteiger partial charge < -0.3 is 19.5 Å². The number of halogens is 1. The number of esters is 1. The van der Waals surface area contributed by atoms with E-state index in [9.17, 15) is 9.59 Å². The van der Waals surface area contributed by atoms with Crippen LogP contribution in [0.1, 0.15) is 15.9 Å². The van der Waals surface area contributed by atoms with E-state index >= 15 is 0 Å². The van der Waals surface area contributed by atoms with Gasteiger partial charge in [-0.15, -0.1) is 0 Å². The summed E-state index contributed by atoms with van der Waals surface area (Å²) < 4.78 is 15.0. The van der Waals surface area contributed by atoms with Gasteiger partial charge in [-0.2, -0.15) is 0 Å². The zero-order valence-corrected chi connectivity index (χ0v) is 15.3. The molecule has 0 unspecified atom stereocenters. The Labute approximate surface area is 156 Å². The topological polar surface area (TPSA) is 73.9 Å². The van der Waals surface area contributed by atoms with Crippen molar-refractivity contribution >= 4 is 35.2 Å². The first-order valence-electron chi connectivity index (χ1n) is 7.57. The molecule has 2 aromatic rings. The van der Waals surface area contributed by atoms with E-state index in [-0.39, 0.29) is 5.91 Å². The number of nitrogens with one attached hydrogen (secondary N) is 1. The summed E-state index contributed by atoms with van der Waals surface area (Å²) in [7, 11) is 4.31. The molecule has 2 rings (SSSR count). The Morgan fingerprint density at radius 2 is 1.73 bits per heavy atom. The van der Waals surface area contributed by atoms with Crippen molar-refractivity contribution in [2.24, 2.45) is 0 Å². The minimum atomic E-state index is -0.437. The Bertz CT molecular complexity index is 831. The summed E-state index contributed by atoms with van der Waals surface area (Å²) >= 11 is 6.13. The third-order valence-electron chi connectivity index (χ3n) is 3.46. The van der Waals surface area contributed by atoms with Crippen molar-refractivity contribution in [2.75, 3.05) is 26.6 Å². The molecule has 7 heteroatoms. The number of hydrogen-bond donors (Lipinski definition) is 1. The van der Waals surface area contributed by atoms with Crippen molar-refractivity contribution in [1.82, 2.24) is 0 Å². The second-order valence-electron chi connectivity index (χ2n) is 5.13. The van der Waals surface area contributed by atoms with Crippen molar-refractivity contribution in [3.8, 4) is 11.5 Å². The van der Waals surface area contributed by atoms with Crippen LogP contribution in [0.4, 0.5) is 5.69 Å². The van der Waals surface area contributed by atoms with Gasteiger partial charge in [-0.05, 0) is 48.0 Å². The highest BCUT2D eigenvalue weighted by Crippen LogP contribution is 2.36. The molecular weight excluding hydrogens is 358 g/mol. The molecule has 0 saturated carbocycles. The molecule has 136 valence electrons. The van der Waals surface area contributed by atoms with Gasteiger partial charge in [0, 0.05) is 11.8 Å². The standard InChI is InChI=1S/C19H18ClNO5/c1-24-16-11-12(10-15(20)18(16)25-2)4-9-17(22)21-14-7-5-13(6-8-14)19(23)26-3/h4-11H,1-3H3,(H,21,22)/b9-4+. The number of carbonyl (C=O) groups excluding carboxylic acids is 2. The van der Waals surface area contributed by atoms with E-state index in [1.165, 1.54) is 27.4 Å². The van der Waals surface area contributed by atoms with Crippen LogP contribution in [0.3, 0.4) is 0 Å². The normalized spacial score (nSPS) is 10.5. The van der Waals surface area contributed by atoms with Gasteiger partial charge in [0.1, 0.15) is 0 Å². The van der Waals surface area contributed by atoms with Crippen LogP contribution in [-0.2, 0) is 9.53 Å². The maximum absolute atomic E-state index is 12.0. The lowest BCUT2D eigenvalue weighted by atomic mass is 10.1. The number of anilines is 1. The van der Waals surface area contributed by atoms with Crippen LogP contribution in [0.25, 0.3) is 6.08 Å². The minimum absolute atomic E-state index is 0.332. The van der Waals surface area contributed by atoms with Crippen LogP contribution in [0.2, 0.25) is 5.02 Å². The van der Waals surface area contributed by atoms with Gasteiger partial charge in [0.2, 0.25) is 5.91 Å². The molecule has 0 aliphatic rings. The lowest BCUT2D eigenvalue weighted by molar-refractivity contribution is -0.111. The first-order valence-corrected chi connectivity index (χ1v) is 7.95. The summed E-state index contributed by atoms with van der Waals surface area (Å²) in [5.41, 5.74) is 1.64. The van der Waals surface area contributed by atoms with Gasteiger partial charge in [-0.25, -0.2) is 4.79 Å². The number of ether oxygens (including phenoxy) is 3. The smallest absolute Gasteiger partial charge is 0.337 e. The van der Waals surface area contributed by atoms with E-state index in [0.717, 1.165) is 0 Å². The highest BCUT2D eigenvalue weighted by atomic mass is 35.5. The molecule has 1 N–H and O–H groups in total. The van der Waals surface area contributed by atoms with Crippen LogP contribution < -0.4 is 14.8 Å². The van der Waals surface area contributed by atoms with Gasteiger partial charge in [0.15, 0.2) is 11.5 Å². The number of carbonyl (C=O) groups is 2. The van der Waals surface area contributed by atoms with E-state index in [1.54, 1.807) is 42.5 Å². The molecule has 0 aliphatic carbocycles. The predicted octanol–water partition coefficient (Wildman–Crippen LogP) is 3.80. The largest absolute Gasteiger partial charge is 0.493 e. The second kappa shape index (κ2) is 8.92. The maximum Gasteiger partial charge on any atom is 0.337 e. The molecule has 0 radical (unpaired) electrons. The number of methoxy groups -OCH3 is 3. The molecule has 0 aromatic heterocycles. The Balaban J connectivity index is 2.07. The molecule has 1 amide bonds. The van der Waals surface area contributed by atoms with E-state index < -0.39 is 5.97 Å². The highest BCUT2D eigenvalue weighted by Gasteiger charge is 2.10. The van der Waals surface area contributed by atoms with E-state index in [2.05, 4.69) is 10.1 Å². The third kappa shape index (κ3) is 4.77. The van der Waals surface area contributed by atoms with Gasteiger partial charge >= 0.3 is 5.97 Å². The Morgan fingerprint density at radius 1 is 1.04 bits per heavy atom. The fraction of sp³-hybridized carbons (Fsp3) is 0.158. The quantitative estimate of drug-likeness (QED) is 0.614. The summed E-state index contributed by atoms with van der Waals surface area (Å²) in [5.74, 6) is 0.134. The maximum atomic E-state index is 12.0. The second-order valence-corrected chi connectivity index (χ2v) is 5.54. The minimum Gasteiger partial charge on any atom is -0.493 e. The van der Waals surface area contributed by atoms with E-state index in [1.807, 2.05) is 0 Å². The van der Waals surface area contributed by atoms with E-state index in [4.69, 9.17) is 21.1 Å². The highest BCUT2D eigenvalue weighted by molar-refractivity contribution is 6.32. The lowest BCUT2D eigenvalue weighted by Crippen LogP contribution is -2.08. The lowest BCUT2D eigenvalue weighted by Gasteiger charge is -2.10. The molecule has 0 bridgehead atoms. The van der Waals surface area contributed by atoms with Gasteiger partial charge in [-0.3, -0.25) is 4.79 Å². The number of rotatable bonds is 6. The summed E-state index contributed by atoms with van der Waals surface area (Å²) in [6, 6.07) is 9.74. The van der Waals surface area contributed by atoms with Gasteiger partial charge in [0.05, 0.1) is 31.9 Å². The number of hydrogen-bond acceptors (Lipinski definition) is 5. The Kier molecular flexibility index (Phi) is 6.63. The van der Waals surface area contributed by atoms with Crippen LogP contribution in [0.5, 0.6) is 11.5 Å². The average Bonchev–Trinajstić information content (AvgIpc) is 2.65. The van der Waals surface area contributed by atoms with Crippen molar-refractivity contribution in [3.63, 3.8) is 0 Å². The van der Waals surface area contributed by atoms with Crippen molar-refractivity contribution < 1.29 is 23.8 Å². The molecule has 0 heterocycles. The molecule has 0 aliphatic heterocycles. The SMILES string of the molecule is COC(=O)c1ccc(NC(=O)/C=C/c2cc(Cl)c(OC)c(OC)c2)cc1.